The fourth-order valence-electron chi connectivity index (χ4n) is 3.20. The van der Waals surface area contributed by atoms with E-state index < -0.39 is 66.8 Å². The van der Waals surface area contributed by atoms with E-state index in [9.17, 15) is 34.2 Å². The normalized spacial score (nSPS) is 14.1. The van der Waals surface area contributed by atoms with E-state index in [1.807, 2.05) is 0 Å². The lowest BCUT2D eigenvalue weighted by Crippen LogP contribution is -2.58. The Morgan fingerprint density at radius 3 is 2.08 bits per heavy atom. The summed E-state index contributed by atoms with van der Waals surface area (Å²) in [5.41, 5.74) is 11.8. The Hall–Kier alpha value is -4.30. The fourth-order valence-corrected chi connectivity index (χ4v) is 3.20. The predicted molar refractivity (Wildman–Crippen MR) is 125 cm³/mol. The minimum absolute atomic E-state index is 0.000945. The zero-order valence-corrected chi connectivity index (χ0v) is 19.2. The molecule has 4 atom stereocenters. The number of carbonyl (C=O) groups is 5. The van der Waals surface area contributed by atoms with Crippen LogP contribution in [0, 0.1) is 0 Å². The SMILES string of the molecule is NC(=O)CC(N)C(=O)NC(Cc1ccccc1)C(=O)NC(CO)C(=O)NC(Cc1cnc[nH]1)C(=O)O. The number of aliphatic carboxylic acids is 1. The van der Waals surface area contributed by atoms with Crippen molar-refractivity contribution in [2.75, 3.05) is 6.61 Å². The van der Waals surface area contributed by atoms with Gasteiger partial charge in [0.15, 0.2) is 0 Å². The van der Waals surface area contributed by atoms with Gasteiger partial charge in [0.2, 0.25) is 23.6 Å². The van der Waals surface area contributed by atoms with Gasteiger partial charge in [-0.05, 0) is 5.56 Å². The smallest absolute Gasteiger partial charge is 0.326 e. The van der Waals surface area contributed by atoms with Gasteiger partial charge >= 0.3 is 5.97 Å². The summed E-state index contributed by atoms with van der Waals surface area (Å²) in [6, 6.07) is 3.20. The molecule has 4 unspecified atom stereocenters. The van der Waals surface area contributed by atoms with Crippen molar-refractivity contribution >= 4 is 29.6 Å². The molecule has 0 saturated heterocycles. The van der Waals surface area contributed by atoms with Crippen LogP contribution in [0.4, 0.5) is 0 Å². The van der Waals surface area contributed by atoms with Gasteiger partial charge < -0.3 is 42.6 Å². The lowest BCUT2D eigenvalue weighted by Gasteiger charge is -2.24. The van der Waals surface area contributed by atoms with E-state index >= 15 is 0 Å². The number of hydrogen-bond acceptors (Lipinski definition) is 8. The highest BCUT2D eigenvalue weighted by atomic mass is 16.4. The number of benzene rings is 1. The van der Waals surface area contributed by atoms with Gasteiger partial charge in [0, 0.05) is 24.7 Å². The number of carboxylic acid groups (broad SMARTS) is 1. The van der Waals surface area contributed by atoms with Crippen molar-refractivity contribution in [1.82, 2.24) is 25.9 Å². The summed E-state index contributed by atoms with van der Waals surface area (Å²) in [6.07, 6.45) is 2.19. The van der Waals surface area contributed by atoms with Crippen LogP contribution in [0.3, 0.4) is 0 Å². The monoisotopic (exact) mass is 503 g/mol. The Bertz CT molecular complexity index is 1050. The van der Waals surface area contributed by atoms with Gasteiger partial charge in [0.05, 0.1) is 25.4 Å². The Morgan fingerprint density at radius 1 is 0.917 bits per heavy atom. The quantitative estimate of drug-likeness (QED) is 0.130. The van der Waals surface area contributed by atoms with Crippen LogP contribution in [0.25, 0.3) is 0 Å². The molecule has 0 aliphatic carbocycles. The maximum absolute atomic E-state index is 13.0. The number of aromatic nitrogens is 2. The van der Waals surface area contributed by atoms with E-state index in [1.165, 1.54) is 12.5 Å². The molecule has 14 nitrogen and oxygen atoms in total. The number of nitrogens with zero attached hydrogens (tertiary/aromatic N) is 1. The summed E-state index contributed by atoms with van der Waals surface area (Å²) in [5.74, 6) is -4.75. The standard InChI is InChI=1S/C22H29N7O7/c23-14(8-18(24)31)19(32)27-15(6-12-4-2-1-3-5-12)20(33)29-17(10-30)21(34)28-16(22(35)36)7-13-9-25-11-26-13/h1-5,9,11,14-17,30H,6-8,10,23H2,(H2,24,31)(H,25,26)(H,27,32)(H,28,34)(H,29,33)(H,35,36). The number of amides is 4. The minimum atomic E-state index is -1.52. The third kappa shape index (κ3) is 8.81. The van der Waals surface area contributed by atoms with Crippen LogP contribution in [-0.2, 0) is 36.8 Å². The summed E-state index contributed by atoms with van der Waals surface area (Å²) >= 11 is 0. The van der Waals surface area contributed by atoms with E-state index in [2.05, 4.69) is 25.9 Å². The number of aliphatic hydroxyl groups is 1. The van der Waals surface area contributed by atoms with Crippen molar-refractivity contribution in [2.24, 2.45) is 11.5 Å². The number of carboxylic acids is 1. The first-order valence-electron chi connectivity index (χ1n) is 10.9. The molecule has 0 aliphatic rings. The molecular formula is C22H29N7O7. The van der Waals surface area contributed by atoms with Crippen LogP contribution >= 0.6 is 0 Å². The van der Waals surface area contributed by atoms with Crippen LogP contribution in [-0.4, -0.2) is 80.6 Å². The average molecular weight is 504 g/mol. The molecule has 4 amide bonds. The largest absolute Gasteiger partial charge is 0.480 e. The number of aliphatic hydroxyl groups excluding tert-OH is 1. The Kier molecular flexibility index (Phi) is 10.5. The Morgan fingerprint density at radius 2 is 1.53 bits per heavy atom. The highest BCUT2D eigenvalue weighted by Crippen LogP contribution is 2.05. The van der Waals surface area contributed by atoms with Crippen molar-refractivity contribution in [3.8, 4) is 0 Å². The summed E-state index contributed by atoms with van der Waals surface area (Å²) < 4.78 is 0. The molecule has 1 aromatic heterocycles. The summed E-state index contributed by atoms with van der Waals surface area (Å²) in [5, 5.41) is 26.1. The summed E-state index contributed by atoms with van der Waals surface area (Å²) in [4.78, 5) is 67.2. The van der Waals surface area contributed by atoms with Crippen LogP contribution in [0.1, 0.15) is 17.7 Å². The van der Waals surface area contributed by atoms with Crippen molar-refractivity contribution in [3.05, 3.63) is 54.1 Å². The number of nitrogens with one attached hydrogen (secondary N) is 4. The molecule has 1 heterocycles. The Labute approximate surface area is 205 Å². The van der Waals surface area contributed by atoms with Gasteiger partial charge in [-0.25, -0.2) is 9.78 Å². The highest BCUT2D eigenvalue weighted by molar-refractivity contribution is 5.95. The second kappa shape index (κ2) is 13.6. The number of aromatic amines is 1. The maximum Gasteiger partial charge on any atom is 0.326 e. The molecule has 0 fully saturated rings. The Balaban J connectivity index is 2.12. The minimum Gasteiger partial charge on any atom is -0.480 e. The van der Waals surface area contributed by atoms with E-state index in [0.29, 0.717) is 11.3 Å². The molecule has 194 valence electrons. The first-order chi connectivity index (χ1) is 17.1. The first-order valence-corrected chi connectivity index (χ1v) is 10.9. The number of H-pyrrole nitrogens is 1. The van der Waals surface area contributed by atoms with Crippen molar-refractivity contribution in [3.63, 3.8) is 0 Å². The molecular weight excluding hydrogens is 474 g/mol. The highest BCUT2D eigenvalue weighted by Gasteiger charge is 2.30. The molecule has 36 heavy (non-hydrogen) atoms. The second-order valence-corrected chi connectivity index (χ2v) is 7.95. The molecule has 2 rings (SSSR count). The predicted octanol–water partition coefficient (Wildman–Crippen LogP) is -3.07. The lowest BCUT2D eigenvalue weighted by atomic mass is 10.0. The molecule has 1 aromatic carbocycles. The van der Waals surface area contributed by atoms with E-state index in [4.69, 9.17) is 11.5 Å². The third-order valence-corrected chi connectivity index (χ3v) is 5.08. The summed E-state index contributed by atoms with van der Waals surface area (Å²) in [7, 11) is 0. The molecule has 0 saturated carbocycles. The molecule has 0 aliphatic heterocycles. The molecule has 2 aromatic rings. The van der Waals surface area contributed by atoms with Gasteiger partial charge in [-0.2, -0.15) is 0 Å². The number of hydrogen-bond donors (Lipinski definition) is 8. The number of primary amides is 1. The number of carbonyl (C=O) groups excluding carboxylic acids is 4. The topological polar surface area (TPSA) is 243 Å². The zero-order valence-electron chi connectivity index (χ0n) is 19.2. The number of imidazole rings is 1. The average Bonchev–Trinajstić information content (AvgIpc) is 3.34. The van der Waals surface area contributed by atoms with Crippen molar-refractivity contribution in [2.45, 2.75) is 43.4 Å². The van der Waals surface area contributed by atoms with E-state index in [0.717, 1.165) is 0 Å². The number of rotatable bonds is 14. The van der Waals surface area contributed by atoms with Crippen LogP contribution in [0.5, 0.6) is 0 Å². The maximum atomic E-state index is 13.0. The van der Waals surface area contributed by atoms with Crippen molar-refractivity contribution in [1.29, 1.82) is 0 Å². The van der Waals surface area contributed by atoms with Crippen LogP contribution in [0.15, 0.2) is 42.9 Å². The molecule has 0 bridgehead atoms. The molecule has 0 spiro atoms. The molecule has 0 radical (unpaired) electrons. The lowest BCUT2D eigenvalue weighted by molar-refractivity contribution is -0.142. The van der Waals surface area contributed by atoms with Gasteiger partial charge in [-0.3, -0.25) is 19.2 Å². The van der Waals surface area contributed by atoms with Gasteiger partial charge in [-0.1, -0.05) is 30.3 Å². The van der Waals surface area contributed by atoms with Gasteiger partial charge in [0.1, 0.15) is 18.1 Å². The third-order valence-electron chi connectivity index (χ3n) is 5.08. The second-order valence-electron chi connectivity index (χ2n) is 7.95. The zero-order chi connectivity index (χ0) is 26.7. The van der Waals surface area contributed by atoms with Crippen LogP contribution in [0.2, 0.25) is 0 Å². The van der Waals surface area contributed by atoms with Gasteiger partial charge in [-0.15, -0.1) is 0 Å². The molecule has 10 N–H and O–H groups in total. The summed E-state index contributed by atoms with van der Waals surface area (Å²) in [6.45, 7) is -0.846. The van der Waals surface area contributed by atoms with Gasteiger partial charge in [0.25, 0.3) is 0 Å². The number of nitrogens with two attached hydrogens (primary N) is 2. The van der Waals surface area contributed by atoms with Crippen molar-refractivity contribution < 1.29 is 34.2 Å². The first kappa shape index (κ1) is 27.9. The van der Waals surface area contributed by atoms with E-state index in [1.54, 1.807) is 30.3 Å². The van der Waals surface area contributed by atoms with Crippen LogP contribution < -0.4 is 27.4 Å². The van der Waals surface area contributed by atoms with E-state index in [-0.39, 0.29) is 12.8 Å². The fraction of sp³-hybridized carbons (Fsp3) is 0.364. The molecule has 14 heteroatoms.